The molecule has 5 heteroatoms. The minimum atomic E-state index is -0.743. The summed E-state index contributed by atoms with van der Waals surface area (Å²) >= 11 is 3.38. The van der Waals surface area contributed by atoms with Crippen LogP contribution in [0.4, 0.5) is 5.69 Å². The van der Waals surface area contributed by atoms with E-state index in [4.69, 9.17) is 11.0 Å². The van der Waals surface area contributed by atoms with Crippen LogP contribution in [-0.2, 0) is 4.79 Å². The summed E-state index contributed by atoms with van der Waals surface area (Å²) in [5, 5.41) is 9.01. The number of carbonyl (C=O) groups excluding carboxylic acids is 1. The summed E-state index contributed by atoms with van der Waals surface area (Å²) in [6, 6.07) is 9.81. The number of hydrogen-bond donors (Lipinski definition) is 1. The second kappa shape index (κ2) is 5.94. The van der Waals surface area contributed by atoms with E-state index in [1.807, 2.05) is 24.3 Å². The first-order chi connectivity index (χ1) is 9.45. The second-order valence-electron chi connectivity index (χ2n) is 5.42. The fourth-order valence-corrected chi connectivity index (χ4v) is 2.82. The van der Waals surface area contributed by atoms with E-state index in [0.717, 1.165) is 10.2 Å². The number of nitrogens with zero attached hydrogens (tertiary/aromatic N) is 2. The minimum Gasteiger partial charge on any atom is -0.315 e. The molecule has 0 aliphatic heterocycles. The molecule has 0 radical (unpaired) electrons. The standard InChI is InChI=1S/C15H18BrN3O/c1-19(13-4-2-12(16)3-5-13)14(20)11-6-8-15(18,10-17)9-7-11/h2-5,11H,6-9,18H2,1H3. The first-order valence-electron chi connectivity index (χ1n) is 6.68. The molecule has 1 saturated carbocycles. The van der Waals surface area contributed by atoms with Crippen LogP contribution in [0.5, 0.6) is 0 Å². The first kappa shape index (κ1) is 15.0. The van der Waals surface area contributed by atoms with Crippen LogP contribution in [0.3, 0.4) is 0 Å². The maximum Gasteiger partial charge on any atom is 0.229 e. The number of anilines is 1. The monoisotopic (exact) mass is 335 g/mol. The Balaban J connectivity index is 2.02. The molecule has 0 heterocycles. The van der Waals surface area contributed by atoms with Crippen LogP contribution in [0.2, 0.25) is 0 Å². The Morgan fingerprint density at radius 2 is 1.95 bits per heavy atom. The third-order valence-electron chi connectivity index (χ3n) is 3.99. The van der Waals surface area contributed by atoms with Crippen molar-refractivity contribution in [1.29, 1.82) is 5.26 Å². The number of halogens is 1. The van der Waals surface area contributed by atoms with Gasteiger partial charge in [-0.05, 0) is 49.9 Å². The molecule has 0 bridgehead atoms. The highest BCUT2D eigenvalue weighted by atomic mass is 79.9. The topological polar surface area (TPSA) is 70.1 Å². The van der Waals surface area contributed by atoms with Gasteiger partial charge in [0.25, 0.3) is 0 Å². The highest BCUT2D eigenvalue weighted by molar-refractivity contribution is 9.10. The van der Waals surface area contributed by atoms with Gasteiger partial charge in [-0.1, -0.05) is 15.9 Å². The van der Waals surface area contributed by atoms with Crippen molar-refractivity contribution in [2.45, 2.75) is 31.2 Å². The average Bonchev–Trinajstić information content (AvgIpc) is 2.47. The van der Waals surface area contributed by atoms with Crippen LogP contribution in [-0.4, -0.2) is 18.5 Å². The number of rotatable bonds is 2. The maximum atomic E-state index is 12.5. The summed E-state index contributed by atoms with van der Waals surface area (Å²) in [4.78, 5) is 14.2. The summed E-state index contributed by atoms with van der Waals surface area (Å²) in [6.45, 7) is 0. The van der Waals surface area contributed by atoms with Gasteiger partial charge >= 0.3 is 0 Å². The number of amides is 1. The largest absolute Gasteiger partial charge is 0.315 e. The van der Waals surface area contributed by atoms with E-state index in [1.54, 1.807) is 11.9 Å². The van der Waals surface area contributed by atoms with Gasteiger partial charge in [-0.25, -0.2) is 0 Å². The van der Waals surface area contributed by atoms with Crippen molar-refractivity contribution in [3.8, 4) is 6.07 Å². The number of nitriles is 1. The smallest absolute Gasteiger partial charge is 0.229 e. The van der Waals surface area contributed by atoms with E-state index in [0.29, 0.717) is 25.7 Å². The molecule has 2 rings (SSSR count). The molecular weight excluding hydrogens is 318 g/mol. The van der Waals surface area contributed by atoms with Crippen LogP contribution in [0, 0.1) is 17.2 Å². The molecule has 1 amide bonds. The Morgan fingerprint density at radius 1 is 1.40 bits per heavy atom. The van der Waals surface area contributed by atoms with Crippen LogP contribution < -0.4 is 10.6 Å². The SMILES string of the molecule is CN(C(=O)C1CCC(N)(C#N)CC1)c1ccc(Br)cc1. The summed E-state index contributed by atoms with van der Waals surface area (Å²) in [6.07, 6.45) is 2.55. The third kappa shape index (κ3) is 3.20. The van der Waals surface area contributed by atoms with Crippen LogP contribution >= 0.6 is 15.9 Å². The van der Waals surface area contributed by atoms with Gasteiger partial charge in [-0.15, -0.1) is 0 Å². The Hall–Kier alpha value is -1.38. The fraction of sp³-hybridized carbons (Fsp3) is 0.467. The zero-order chi connectivity index (χ0) is 14.8. The normalized spacial score (nSPS) is 25.8. The van der Waals surface area contributed by atoms with Crippen molar-refractivity contribution in [3.05, 3.63) is 28.7 Å². The molecule has 1 fully saturated rings. The molecule has 2 N–H and O–H groups in total. The zero-order valence-corrected chi connectivity index (χ0v) is 13.1. The molecule has 1 aromatic rings. The quantitative estimate of drug-likeness (QED) is 0.903. The molecule has 0 unspecified atom stereocenters. The highest BCUT2D eigenvalue weighted by Crippen LogP contribution is 2.32. The molecule has 0 aromatic heterocycles. The molecule has 0 atom stereocenters. The lowest BCUT2D eigenvalue weighted by Gasteiger charge is -2.33. The second-order valence-corrected chi connectivity index (χ2v) is 6.33. The van der Waals surface area contributed by atoms with E-state index in [1.165, 1.54) is 0 Å². The van der Waals surface area contributed by atoms with Crippen molar-refractivity contribution < 1.29 is 4.79 Å². The zero-order valence-electron chi connectivity index (χ0n) is 11.5. The summed E-state index contributed by atoms with van der Waals surface area (Å²) in [5.74, 6) is 0.0704. The maximum absolute atomic E-state index is 12.5. The number of benzene rings is 1. The number of hydrogen-bond acceptors (Lipinski definition) is 3. The van der Waals surface area contributed by atoms with E-state index in [9.17, 15) is 4.79 Å². The van der Waals surface area contributed by atoms with E-state index in [-0.39, 0.29) is 11.8 Å². The molecule has 20 heavy (non-hydrogen) atoms. The van der Waals surface area contributed by atoms with Gasteiger partial charge in [0.2, 0.25) is 5.91 Å². The lowest BCUT2D eigenvalue weighted by Crippen LogP contribution is -2.45. The van der Waals surface area contributed by atoms with E-state index in [2.05, 4.69) is 22.0 Å². The average molecular weight is 336 g/mol. The molecule has 1 aliphatic rings. The van der Waals surface area contributed by atoms with Crippen molar-refractivity contribution in [1.82, 2.24) is 0 Å². The third-order valence-corrected chi connectivity index (χ3v) is 4.52. The van der Waals surface area contributed by atoms with Crippen LogP contribution in [0.1, 0.15) is 25.7 Å². The Kier molecular flexibility index (Phi) is 4.46. The lowest BCUT2D eigenvalue weighted by molar-refractivity contribution is -0.123. The molecular formula is C15H18BrN3O. The van der Waals surface area contributed by atoms with E-state index >= 15 is 0 Å². The molecule has 0 saturated heterocycles. The van der Waals surface area contributed by atoms with Gasteiger partial charge in [-0.2, -0.15) is 5.26 Å². The van der Waals surface area contributed by atoms with Crippen molar-refractivity contribution >= 4 is 27.5 Å². The lowest BCUT2D eigenvalue weighted by atomic mass is 9.77. The van der Waals surface area contributed by atoms with E-state index < -0.39 is 5.54 Å². The van der Waals surface area contributed by atoms with Crippen LogP contribution in [0.25, 0.3) is 0 Å². The number of carbonyl (C=O) groups is 1. The predicted molar refractivity (Wildman–Crippen MR) is 82.0 cm³/mol. The Bertz CT molecular complexity index is 527. The van der Waals surface area contributed by atoms with Crippen molar-refractivity contribution in [3.63, 3.8) is 0 Å². The van der Waals surface area contributed by atoms with Gasteiger partial charge < -0.3 is 10.6 Å². The molecule has 4 nitrogen and oxygen atoms in total. The Labute approximate surface area is 127 Å². The first-order valence-corrected chi connectivity index (χ1v) is 7.48. The van der Waals surface area contributed by atoms with Crippen molar-refractivity contribution in [2.75, 3.05) is 11.9 Å². The molecule has 1 aliphatic carbocycles. The minimum absolute atomic E-state index is 0.0336. The van der Waals surface area contributed by atoms with Crippen LogP contribution in [0.15, 0.2) is 28.7 Å². The van der Waals surface area contributed by atoms with Gasteiger partial charge in [0.1, 0.15) is 5.54 Å². The van der Waals surface area contributed by atoms with Crippen molar-refractivity contribution in [2.24, 2.45) is 11.7 Å². The Morgan fingerprint density at radius 3 is 2.45 bits per heavy atom. The van der Waals surface area contributed by atoms with Gasteiger partial charge in [-0.3, -0.25) is 4.79 Å². The molecule has 106 valence electrons. The highest BCUT2D eigenvalue weighted by Gasteiger charge is 2.35. The molecule has 1 aromatic carbocycles. The summed E-state index contributed by atoms with van der Waals surface area (Å²) in [7, 11) is 1.79. The van der Waals surface area contributed by atoms with Gasteiger partial charge in [0.05, 0.1) is 6.07 Å². The summed E-state index contributed by atoms with van der Waals surface area (Å²) in [5.41, 5.74) is 6.07. The molecule has 0 spiro atoms. The number of nitrogens with two attached hydrogens (primary N) is 1. The van der Waals surface area contributed by atoms with Gasteiger partial charge in [0, 0.05) is 23.1 Å². The summed E-state index contributed by atoms with van der Waals surface area (Å²) < 4.78 is 0.988. The predicted octanol–water partition coefficient (Wildman–Crippen LogP) is 2.82. The fourth-order valence-electron chi connectivity index (χ4n) is 2.56. The van der Waals surface area contributed by atoms with Gasteiger partial charge in [0.15, 0.2) is 0 Å².